The number of phenols is 1. The highest BCUT2D eigenvalue weighted by molar-refractivity contribution is 14.1. The average Bonchev–Trinajstić information content (AvgIpc) is 3.35. The van der Waals surface area contributed by atoms with E-state index in [0.29, 0.717) is 39.4 Å². The first-order chi connectivity index (χ1) is 23.5. The topological polar surface area (TPSA) is 166 Å². The van der Waals surface area contributed by atoms with Crippen molar-refractivity contribution in [3.05, 3.63) is 105 Å². The fourth-order valence-electron chi connectivity index (χ4n) is 7.04. The lowest BCUT2D eigenvalue weighted by molar-refractivity contribution is -0.115. The molecule has 252 valence electrons. The highest BCUT2D eigenvalue weighted by atomic mass is 127. The molecule has 0 fully saturated rings. The molecule has 1 N–H and O–H groups in total. The molecule has 0 radical (unpaired) electrons. The van der Waals surface area contributed by atoms with E-state index in [1.54, 1.807) is 37.4 Å². The molecule has 1 aliphatic heterocycles. The number of benzene rings is 2. The van der Waals surface area contributed by atoms with Gasteiger partial charge < -0.3 is 23.9 Å². The van der Waals surface area contributed by atoms with Gasteiger partial charge in [-0.2, -0.15) is 0 Å². The van der Waals surface area contributed by atoms with E-state index < -0.39 is 28.9 Å². The summed E-state index contributed by atoms with van der Waals surface area (Å²) in [5.74, 6) is -0.402. The Morgan fingerprint density at radius 3 is 2.43 bits per heavy atom. The number of halogens is 1. The standard InChI is InChI=1S/C34H30IN5O9/c1-37-24-15-28(49-4)27(48-3)14-22(24)36-21(32(37)44)8-9-38-33(45)39-10-7-17-23(40(39)34(38)46)12-19-26(42)13-20(35)31(43)30(19)29(17)18-11-16(47-2)5-6-25(18)41/h5-7,11,13-15,23,29,41H,8-10,12H2,1-4H3/t23-,29-/m1/s1. The Morgan fingerprint density at radius 1 is 0.980 bits per heavy atom. The maximum absolute atomic E-state index is 14.1. The van der Waals surface area contributed by atoms with Gasteiger partial charge in [0.15, 0.2) is 23.1 Å². The number of Topliss-reactive ketones (excluding diaryl/α,β-unsaturated/α-hetero) is 1. The largest absolute Gasteiger partial charge is 0.508 e. The molecule has 0 bridgehead atoms. The molecule has 2 atom stereocenters. The first kappa shape index (κ1) is 32.4. The Balaban J connectivity index is 1.30. The number of aryl methyl sites for hydroxylation is 2. The Labute approximate surface area is 291 Å². The van der Waals surface area contributed by atoms with Crippen molar-refractivity contribution in [2.75, 3.05) is 21.3 Å². The number of ether oxygens (including phenoxy) is 3. The molecule has 4 aromatic rings. The number of hydrogen-bond acceptors (Lipinski definition) is 10. The molecule has 15 heteroatoms. The van der Waals surface area contributed by atoms with Gasteiger partial charge in [0.2, 0.25) is 0 Å². The van der Waals surface area contributed by atoms with E-state index in [4.69, 9.17) is 14.2 Å². The zero-order valence-electron chi connectivity index (χ0n) is 26.9. The van der Waals surface area contributed by atoms with Gasteiger partial charge in [-0.15, -0.1) is 0 Å². The van der Waals surface area contributed by atoms with Gasteiger partial charge >= 0.3 is 11.4 Å². The third-order valence-corrected chi connectivity index (χ3v) is 10.2. The van der Waals surface area contributed by atoms with Crippen LogP contribution in [0.5, 0.6) is 23.0 Å². The van der Waals surface area contributed by atoms with Gasteiger partial charge in [-0.3, -0.25) is 14.4 Å². The van der Waals surface area contributed by atoms with Gasteiger partial charge in [0.25, 0.3) is 5.56 Å². The van der Waals surface area contributed by atoms with Gasteiger partial charge in [0.05, 0.1) is 48.5 Å². The molecule has 3 heterocycles. The first-order valence-electron chi connectivity index (χ1n) is 15.3. The van der Waals surface area contributed by atoms with Crippen molar-refractivity contribution >= 4 is 45.2 Å². The van der Waals surface area contributed by atoms with Gasteiger partial charge in [-0.1, -0.05) is 6.08 Å². The Kier molecular flexibility index (Phi) is 7.96. The predicted octanol–water partition coefficient (Wildman–Crippen LogP) is 2.47. The Morgan fingerprint density at radius 2 is 1.71 bits per heavy atom. The SMILES string of the molecule is COc1ccc(O)c([C@H]2C3=CCn4c(=O)n(CCc5nc6cc(OC)c(OC)cc6n(C)c5=O)c(=O)n4[C@@H]3CC3=C2C(=O)C(I)=CC3=O)c1. The monoisotopic (exact) mass is 779 g/mol. The second-order valence-electron chi connectivity index (χ2n) is 11.9. The van der Waals surface area contributed by atoms with Gasteiger partial charge in [-0.25, -0.2) is 28.5 Å². The van der Waals surface area contributed by atoms with Crippen molar-refractivity contribution < 1.29 is 28.9 Å². The van der Waals surface area contributed by atoms with Crippen LogP contribution in [0.3, 0.4) is 0 Å². The molecule has 49 heavy (non-hydrogen) atoms. The normalized spacial score (nSPS) is 18.5. The third-order valence-electron chi connectivity index (χ3n) is 9.45. The fourth-order valence-corrected chi connectivity index (χ4v) is 7.62. The molecular formula is C34H30IN5O9. The van der Waals surface area contributed by atoms with Crippen LogP contribution in [0.4, 0.5) is 0 Å². The molecule has 0 saturated carbocycles. The number of hydrogen-bond donors (Lipinski definition) is 1. The minimum absolute atomic E-state index is 0.00341. The lowest BCUT2D eigenvalue weighted by atomic mass is 9.68. The third kappa shape index (κ3) is 4.97. The van der Waals surface area contributed by atoms with Gasteiger partial charge in [0, 0.05) is 67.3 Å². The molecule has 2 aromatic carbocycles. The van der Waals surface area contributed by atoms with E-state index in [9.17, 15) is 29.1 Å². The van der Waals surface area contributed by atoms with Crippen LogP contribution in [0.25, 0.3) is 11.0 Å². The van der Waals surface area contributed by atoms with E-state index in [0.717, 1.165) is 4.57 Å². The number of rotatable bonds is 7. The fraction of sp³-hybridized carbons (Fsp3) is 0.294. The van der Waals surface area contributed by atoms with E-state index in [2.05, 4.69) is 4.98 Å². The smallest absolute Gasteiger partial charge is 0.347 e. The van der Waals surface area contributed by atoms with Crippen molar-refractivity contribution in [3.63, 3.8) is 0 Å². The van der Waals surface area contributed by atoms with E-state index in [1.807, 2.05) is 22.6 Å². The van der Waals surface area contributed by atoms with Crippen LogP contribution in [0, 0.1) is 0 Å². The van der Waals surface area contributed by atoms with Crippen LogP contribution in [0.1, 0.15) is 29.6 Å². The molecular weight excluding hydrogens is 749 g/mol. The number of carbonyl (C=O) groups is 2. The van der Waals surface area contributed by atoms with Crippen LogP contribution in [-0.4, -0.2) is 61.5 Å². The highest BCUT2D eigenvalue weighted by Gasteiger charge is 2.46. The number of fused-ring (bicyclic) bond motifs is 4. The summed E-state index contributed by atoms with van der Waals surface area (Å²) in [5, 5.41) is 11.0. The Bertz CT molecular complexity index is 2410. The summed E-state index contributed by atoms with van der Waals surface area (Å²) in [7, 11) is 6.06. The minimum Gasteiger partial charge on any atom is -0.508 e. The Hall–Kier alpha value is -5.19. The van der Waals surface area contributed by atoms with Crippen LogP contribution in [0.2, 0.25) is 0 Å². The molecule has 7 rings (SSSR count). The molecule has 0 unspecified atom stereocenters. The van der Waals surface area contributed by atoms with Crippen LogP contribution < -0.4 is 31.1 Å². The number of ketones is 2. The molecule has 3 aliphatic rings. The molecule has 2 aliphatic carbocycles. The zero-order valence-corrected chi connectivity index (χ0v) is 29.0. The van der Waals surface area contributed by atoms with Gasteiger partial charge in [-0.05, 0) is 46.4 Å². The first-order valence-corrected chi connectivity index (χ1v) is 16.4. The van der Waals surface area contributed by atoms with E-state index >= 15 is 0 Å². The second-order valence-corrected chi connectivity index (χ2v) is 13.0. The van der Waals surface area contributed by atoms with Crippen molar-refractivity contribution in [1.29, 1.82) is 0 Å². The van der Waals surface area contributed by atoms with E-state index in [-0.39, 0.29) is 63.7 Å². The molecule has 0 amide bonds. The number of aromatic nitrogens is 5. The molecule has 14 nitrogen and oxygen atoms in total. The van der Waals surface area contributed by atoms with Crippen molar-refractivity contribution in [1.82, 2.24) is 23.5 Å². The van der Waals surface area contributed by atoms with Crippen molar-refractivity contribution in [2.45, 2.75) is 37.9 Å². The minimum atomic E-state index is -0.877. The summed E-state index contributed by atoms with van der Waals surface area (Å²) in [5.41, 5.74) is 0.907. The molecule has 0 saturated heterocycles. The summed E-state index contributed by atoms with van der Waals surface area (Å²) < 4.78 is 21.5. The van der Waals surface area contributed by atoms with Crippen LogP contribution in [0.15, 0.2) is 77.2 Å². The second kappa shape index (κ2) is 12.0. The molecule has 0 spiro atoms. The highest BCUT2D eigenvalue weighted by Crippen LogP contribution is 2.52. The molecule has 2 aromatic heterocycles. The van der Waals surface area contributed by atoms with E-state index in [1.165, 1.54) is 47.4 Å². The number of aromatic hydroxyl groups is 1. The quantitative estimate of drug-likeness (QED) is 0.167. The predicted molar refractivity (Wildman–Crippen MR) is 185 cm³/mol. The lowest BCUT2D eigenvalue weighted by Gasteiger charge is -2.39. The zero-order chi connectivity index (χ0) is 34.9. The number of methoxy groups -OCH3 is 3. The average molecular weight is 780 g/mol. The number of nitrogens with zero attached hydrogens (tertiary/aromatic N) is 5. The number of phenolic OH excluding ortho intramolecular Hbond substituents is 1. The summed E-state index contributed by atoms with van der Waals surface area (Å²) in [6.45, 7) is -0.135. The maximum Gasteiger partial charge on any atom is 0.347 e. The summed E-state index contributed by atoms with van der Waals surface area (Å²) in [6, 6.07) is 7.13. The number of carbonyl (C=O) groups excluding carboxylic acids is 2. The lowest BCUT2D eigenvalue weighted by Crippen LogP contribution is -2.40. The maximum atomic E-state index is 14.1. The summed E-state index contributed by atoms with van der Waals surface area (Å²) in [6.07, 6.45) is 3.02. The number of allylic oxidation sites excluding steroid dienone is 6. The summed E-state index contributed by atoms with van der Waals surface area (Å²) in [4.78, 5) is 72.7. The van der Waals surface area contributed by atoms with Crippen LogP contribution >= 0.6 is 22.6 Å². The summed E-state index contributed by atoms with van der Waals surface area (Å²) >= 11 is 1.83. The van der Waals surface area contributed by atoms with Crippen molar-refractivity contribution in [3.8, 4) is 23.0 Å². The van der Waals surface area contributed by atoms with Gasteiger partial charge in [0.1, 0.15) is 17.2 Å². The van der Waals surface area contributed by atoms with Crippen LogP contribution in [-0.2, 0) is 36.1 Å². The van der Waals surface area contributed by atoms with Crippen molar-refractivity contribution in [2.24, 2.45) is 7.05 Å².